The Bertz CT molecular complexity index is 293. The van der Waals surface area contributed by atoms with Gasteiger partial charge in [-0.2, -0.15) is 0 Å². The van der Waals surface area contributed by atoms with Crippen LogP contribution in [-0.4, -0.2) is 0 Å². The second kappa shape index (κ2) is 3.21. The molecule has 1 aromatic rings. The zero-order valence-electron chi connectivity index (χ0n) is 5.55. The van der Waals surface area contributed by atoms with E-state index in [1.165, 1.54) is 0 Å². The standard InChI is InChI=1S/C6H2F3NO2/c7-4-1-3(12-10-11)2-5(8)6(4)9/h1-2H. The van der Waals surface area contributed by atoms with Gasteiger partial charge < -0.3 is 4.84 Å². The van der Waals surface area contributed by atoms with E-state index in [-0.39, 0.29) is 0 Å². The summed E-state index contributed by atoms with van der Waals surface area (Å²) in [6.45, 7) is 0. The number of benzene rings is 1. The average molecular weight is 177 g/mol. The van der Waals surface area contributed by atoms with Crippen LogP contribution in [-0.2, 0) is 0 Å². The first kappa shape index (κ1) is 8.51. The highest BCUT2D eigenvalue weighted by Gasteiger charge is 2.11. The molecule has 0 spiro atoms. The Kier molecular flexibility index (Phi) is 2.27. The van der Waals surface area contributed by atoms with Gasteiger partial charge in [0.1, 0.15) is 0 Å². The minimum atomic E-state index is -1.62. The van der Waals surface area contributed by atoms with Gasteiger partial charge in [0.05, 0.1) is 0 Å². The van der Waals surface area contributed by atoms with Gasteiger partial charge in [0, 0.05) is 12.1 Å². The van der Waals surface area contributed by atoms with E-state index >= 15 is 0 Å². The molecule has 1 rings (SSSR count). The molecule has 0 saturated heterocycles. The monoisotopic (exact) mass is 177 g/mol. The van der Waals surface area contributed by atoms with Crippen LogP contribution in [0.15, 0.2) is 17.5 Å². The van der Waals surface area contributed by atoms with Gasteiger partial charge in [0.2, 0.25) is 0 Å². The number of rotatable bonds is 2. The van der Waals surface area contributed by atoms with Crippen molar-refractivity contribution in [1.82, 2.24) is 0 Å². The van der Waals surface area contributed by atoms with Gasteiger partial charge in [-0.25, -0.2) is 13.2 Å². The lowest BCUT2D eigenvalue weighted by Crippen LogP contribution is -1.91. The number of nitrogens with zero attached hydrogens (tertiary/aromatic N) is 1. The van der Waals surface area contributed by atoms with Gasteiger partial charge >= 0.3 is 0 Å². The van der Waals surface area contributed by atoms with Crippen LogP contribution in [0.4, 0.5) is 13.2 Å². The van der Waals surface area contributed by atoms with Gasteiger partial charge in [-0.1, -0.05) is 0 Å². The lowest BCUT2D eigenvalue weighted by Gasteiger charge is -1.97. The molecule has 0 aliphatic carbocycles. The molecule has 1 aromatic carbocycles. The fourth-order valence-corrected chi connectivity index (χ4v) is 0.628. The highest BCUT2D eigenvalue weighted by molar-refractivity contribution is 5.24. The molecule has 6 heteroatoms. The summed E-state index contributed by atoms with van der Waals surface area (Å²) in [5, 5.41) is 1.91. The zero-order valence-corrected chi connectivity index (χ0v) is 5.55. The molecule has 0 bridgehead atoms. The predicted molar refractivity (Wildman–Crippen MR) is 32.7 cm³/mol. The van der Waals surface area contributed by atoms with Crippen molar-refractivity contribution in [3.05, 3.63) is 34.5 Å². The third-order valence-corrected chi connectivity index (χ3v) is 1.10. The Labute approximate surface area is 64.7 Å². The maximum absolute atomic E-state index is 12.3. The van der Waals surface area contributed by atoms with Crippen molar-refractivity contribution in [1.29, 1.82) is 0 Å². The van der Waals surface area contributed by atoms with E-state index in [1.54, 1.807) is 0 Å². The van der Waals surface area contributed by atoms with Crippen molar-refractivity contribution in [2.24, 2.45) is 5.34 Å². The van der Waals surface area contributed by atoms with Crippen molar-refractivity contribution in [2.75, 3.05) is 0 Å². The second-order valence-electron chi connectivity index (χ2n) is 1.87. The maximum atomic E-state index is 12.3. The third kappa shape index (κ3) is 1.52. The summed E-state index contributed by atoms with van der Waals surface area (Å²) in [4.78, 5) is 13.3. The third-order valence-electron chi connectivity index (χ3n) is 1.10. The summed E-state index contributed by atoms with van der Waals surface area (Å²) in [5.41, 5.74) is 0. The topological polar surface area (TPSA) is 38.7 Å². The average Bonchev–Trinajstić information content (AvgIpc) is 2.01. The summed E-state index contributed by atoms with van der Waals surface area (Å²) in [6.07, 6.45) is 0. The Morgan fingerprint density at radius 2 is 1.67 bits per heavy atom. The van der Waals surface area contributed by atoms with Crippen LogP contribution in [0.25, 0.3) is 0 Å². The molecule has 0 atom stereocenters. The summed E-state index contributed by atoms with van der Waals surface area (Å²) in [6, 6.07) is 1.03. The minimum Gasteiger partial charge on any atom is -0.324 e. The van der Waals surface area contributed by atoms with Crippen LogP contribution in [0.1, 0.15) is 0 Å². The number of hydrogen-bond acceptors (Lipinski definition) is 3. The summed E-state index contributed by atoms with van der Waals surface area (Å²) < 4.78 is 36.9. The van der Waals surface area contributed by atoms with E-state index in [2.05, 4.69) is 4.84 Å². The first-order chi connectivity index (χ1) is 5.65. The Hall–Kier alpha value is -1.59. The molecule has 0 saturated carbocycles. The fourth-order valence-electron chi connectivity index (χ4n) is 0.628. The van der Waals surface area contributed by atoms with Crippen LogP contribution in [0.2, 0.25) is 0 Å². The first-order valence-electron chi connectivity index (χ1n) is 2.79. The first-order valence-corrected chi connectivity index (χ1v) is 2.79. The van der Waals surface area contributed by atoms with Crippen molar-refractivity contribution in [2.45, 2.75) is 0 Å². The molecule has 0 fully saturated rings. The van der Waals surface area contributed by atoms with Gasteiger partial charge in [-0.15, -0.1) is 4.91 Å². The highest BCUT2D eigenvalue weighted by atomic mass is 19.2. The molecule has 0 heterocycles. The Morgan fingerprint density at radius 3 is 2.08 bits per heavy atom. The smallest absolute Gasteiger partial charge is 0.194 e. The molecule has 0 aliphatic heterocycles. The van der Waals surface area contributed by atoms with E-state index in [0.29, 0.717) is 12.1 Å². The zero-order chi connectivity index (χ0) is 9.14. The molecule has 0 aliphatic rings. The van der Waals surface area contributed by atoms with E-state index < -0.39 is 23.2 Å². The molecule has 12 heavy (non-hydrogen) atoms. The van der Waals surface area contributed by atoms with E-state index in [9.17, 15) is 18.1 Å². The summed E-state index contributed by atoms with van der Waals surface area (Å²) in [5.74, 6) is -4.98. The minimum absolute atomic E-state index is 0.485. The molecule has 0 amide bonds. The molecular formula is C6H2F3NO2. The predicted octanol–water partition coefficient (Wildman–Crippen LogP) is 2.16. The summed E-state index contributed by atoms with van der Waals surface area (Å²) >= 11 is 0. The lowest BCUT2D eigenvalue weighted by molar-refractivity contribution is 0.326. The van der Waals surface area contributed by atoms with Gasteiger partial charge in [0.15, 0.2) is 28.5 Å². The maximum Gasteiger partial charge on any atom is 0.194 e. The molecule has 0 unspecified atom stereocenters. The van der Waals surface area contributed by atoms with Crippen molar-refractivity contribution >= 4 is 0 Å². The van der Waals surface area contributed by atoms with Crippen molar-refractivity contribution in [3.63, 3.8) is 0 Å². The van der Waals surface area contributed by atoms with Gasteiger partial charge in [-0.3, -0.25) is 0 Å². The number of halogens is 3. The Morgan fingerprint density at radius 1 is 1.17 bits per heavy atom. The van der Waals surface area contributed by atoms with E-state index in [1.807, 2.05) is 5.34 Å². The fraction of sp³-hybridized carbons (Fsp3) is 0. The van der Waals surface area contributed by atoms with Crippen LogP contribution in [0.3, 0.4) is 0 Å². The molecule has 0 radical (unpaired) electrons. The van der Waals surface area contributed by atoms with Crippen LogP contribution in [0.5, 0.6) is 5.75 Å². The van der Waals surface area contributed by atoms with Crippen LogP contribution >= 0.6 is 0 Å². The lowest BCUT2D eigenvalue weighted by atomic mass is 10.3. The van der Waals surface area contributed by atoms with Crippen LogP contribution < -0.4 is 4.84 Å². The van der Waals surface area contributed by atoms with E-state index in [0.717, 1.165) is 0 Å². The van der Waals surface area contributed by atoms with Crippen molar-refractivity contribution < 1.29 is 18.0 Å². The van der Waals surface area contributed by atoms with E-state index in [4.69, 9.17) is 0 Å². The highest BCUT2D eigenvalue weighted by Crippen LogP contribution is 2.19. The molecule has 0 aromatic heterocycles. The quantitative estimate of drug-likeness (QED) is 0.394. The van der Waals surface area contributed by atoms with Gasteiger partial charge in [0.25, 0.3) is 0 Å². The van der Waals surface area contributed by atoms with Gasteiger partial charge in [-0.05, 0) is 0 Å². The largest absolute Gasteiger partial charge is 0.324 e. The van der Waals surface area contributed by atoms with Crippen molar-refractivity contribution in [3.8, 4) is 5.75 Å². The molecule has 3 nitrogen and oxygen atoms in total. The SMILES string of the molecule is O=NOc1cc(F)c(F)c(F)c1. The van der Waals surface area contributed by atoms with Crippen LogP contribution in [0, 0.1) is 22.4 Å². The molecule has 64 valence electrons. The Balaban J connectivity index is 3.11. The summed E-state index contributed by atoms with van der Waals surface area (Å²) in [7, 11) is 0. The molecular weight excluding hydrogens is 175 g/mol. The normalized spacial score (nSPS) is 9.58. The second-order valence-corrected chi connectivity index (χ2v) is 1.87. The molecule has 0 N–H and O–H groups in total. The number of hydrogen-bond donors (Lipinski definition) is 0.